The smallest absolute Gasteiger partial charge is 0.322 e. The van der Waals surface area contributed by atoms with E-state index in [0.717, 1.165) is 32.4 Å². The Labute approximate surface area is 113 Å². The van der Waals surface area contributed by atoms with Gasteiger partial charge in [0.1, 0.15) is 6.04 Å². The minimum absolute atomic E-state index is 0.0314. The topological polar surface area (TPSA) is 84.7 Å². The van der Waals surface area contributed by atoms with Crippen molar-refractivity contribution in [3.63, 3.8) is 0 Å². The first-order valence-corrected chi connectivity index (χ1v) is 6.80. The maximum atomic E-state index is 12.0. The van der Waals surface area contributed by atoms with Crippen LogP contribution in [0.15, 0.2) is 0 Å². The molecule has 0 aliphatic carbocycles. The predicted octanol–water partition coefficient (Wildman–Crippen LogP) is -0.523. The number of hydrogen-bond donors (Lipinski definition) is 2. The molecule has 0 aromatic heterocycles. The standard InChI is InChI=1S/C13H23N3O3/c1-16-5-3-13(4-6-16)8-9(11(17)15-13)7-10(14)12(18)19-2/h9-10H,3-8,14H2,1-2H3,(H,15,17). The molecule has 1 spiro atoms. The van der Waals surface area contributed by atoms with Crippen LogP contribution in [0.5, 0.6) is 0 Å². The van der Waals surface area contributed by atoms with Gasteiger partial charge >= 0.3 is 5.97 Å². The Morgan fingerprint density at radius 3 is 2.79 bits per heavy atom. The van der Waals surface area contributed by atoms with E-state index < -0.39 is 12.0 Å². The van der Waals surface area contributed by atoms with Gasteiger partial charge in [-0.25, -0.2) is 0 Å². The highest BCUT2D eigenvalue weighted by atomic mass is 16.5. The van der Waals surface area contributed by atoms with E-state index in [-0.39, 0.29) is 17.4 Å². The molecule has 2 atom stereocenters. The van der Waals surface area contributed by atoms with E-state index in [0.29, 0.717) is 6.42 Å². The van der Waals surface area contributed by atoms with Crippen molar-refractivity contribution in [2.45, 2.75) is 37.3 Å². The van der Waals surface area contributed by atoms with Crippen molar-refractivity contribution in [2.24, 2.45) is 11.7 Å². The third kappa shape index (κ3) is 3.06. The number of ether oxygens (including phenoxy) is 1. The molecule has 2 heterocycles. The number of piperidine rings is 1. The van der Waals surface area contributed by atoms with Gasteiger partial charge < -0.3 is 20.7 Å². The summed E-state index contributed by atoms with van der Waals surface area (Å²) >= 11 is 0. The molecular formula is C13H23N3O3. The Bertz CT molecular complexity index is 364. The number of likely N-dealkylation sites (tertiary alicyclic amines) is 1. The van der Waals surface area contributed by atoms with E-state index >= 15 is 0 Å². The van der Waals surface area contributed by atoms with Crippen LogP contribution in [0.3, 0.4) is 0 Å². The number of nitrogens with one attached hydrogen (secondary N) is 1. The molecule has 2 aliphatic rings. The number of methoxy groups -OCH3 is 1. The quantitative estimate of drug-likeness (QED) is 0.673. The highest BCUT2D eigenvalue weighted by Gasteiger charge is 2.45. The van der Waals surface area contributed by atoms with Gasteiger partial charge in [-0.2, -0.15) is 0 Å². The normalized spacial score (nSPS) is 28.2. The lowest BCUT2D eigenvalue weighted by Gasteiger charge is -2.37. The average molecular weight is 269 g/mol. The van der Waals surface area contributed by atoms with Gasteiger partial charge in [0, 0.05) is 24.5 Å². The van der Waals surface area contributed by atoms with Crippen LogP contribution in [0.1, 0.15) is 25.7 Å². The number of carbonyl (C=O) groups is 2. The second-order valence-electron chi connectivity index (χ2n) is 5.84. The Kier molecular flexibility index (Phi) is 4.10. The number of nitrogens with zero attached hydrogens (tertiary/aromatic N) is 1. The summed E-state index contributed by atoms with van der Waals surface area (Å²) in [5.74, 6) is -0.585. The first kappa shape index (κ1) is 14.3. The van der Waals surface area contributed by atoms with Gasteiger partial charge in [0.15, 0.2) is 0 Å². The molecule has 19 heavy (non-hydrogen) atoms. The molecule has 1 amide bonds. The number of rotatable bonds is 3. The first-order valence-electron chi connectivity index (χ1n) is 6.80. The van der Waals surface area contributed by atoms with Crippen LogP contribution in [-0.2, 0) is 14.3 Å². The summed E-state index contributed by atoms with van der Waals surface area (Å²) in [6, 6.07) is -0.706. The molecule has 2 aliphatic heterocycles. The lowest BCUT2D eigenvalue weighted by molar-refractivity contribution is -0.142. The number of nitrogens with two attached hydrogens (primary N) is 1. The van der Waals surface area contributed by atoms with Crippen LogP contribution in [0.4, 0.5) is 0 Å². The minimum atomic E-state index is -0.706. The van der Waals surface area contributed by atoms with Crippen molar-refractivity contribution >= 4 is 11.9 Å². The minimum Gasteiger partial charge on any atom is -0.468 e. The molecular weight excluding hydrogens is 246 g/mol. The lowest BCUT2D eigenvalue weighted by Crippen LogP contribution is -2.49. The van der Waals surface area contributed by atoms with Crippen LogP contribution in [-0.4, -0.2) is 55.6 Å². The molecule has 2 saturated heterocycles. The predicted molar refractivity (Wildman–Crippen MR) is 70.3 cm³/mol. The Morgan fingerprint density at radius 2 is 2.21 bits per heavy atom. The Balaban J connectivity index is 1.94. The second kappa shape index (κ2) is 5.46. The molecule has 6 nitrogen and oxygen atoms in total. The van der Waals surface area contributed by atoms with Crippen molar-refractivity contribution in [1.82, 2.24) is 10.2 Å². The van der Waals surface area contributed by atoms with Crippen molar-refractivity contribution in [3.05, 3.63) is 0 Å². The highest BCUT2D eigenvalue weighted by Crippen LogP contribution is 2.35. The van der Waals surface area contributed by atoms with E-state index in [9.17, 15) is 9.59 Å². The maximum Gasteiger partial charge on any atom is 0.322 e. The van der Waals surface area contributed by atoms with E-state index in [1.54, 1.807) is 0 Å². The lowest BCUT2D eigenvalue weighted by atomic mass is 9.82. The summed E-state index contributed by atoms with van der Waals surface area (Å²) in [5, 5.41) is 3.13. The monoisotopic (exact) mass is 269 g/mol. The second-order valence-corrected chi connectivity index (χ2v) is 5.84. The molecule has 0 radical (unpaired) electrons. The van der Waals surface area contributed by atoms with Crippen LogP contribution in [0.2, 0.25) is 0 Å². The van der Waals surface area contributed by atoms with Crippen LogP contribution >= 0.6 is 0 Å². The van der Waals surface area contributed by atoms with Gasteiger partial charge in [-0.1, -0.05) is 0 Å². The van der Waals surface area contributed by atoms with E-state index in [1.165, 1.54) is 7.11 Å². The molecule has 0 aromatic rings. The van der Waals surface area contributed by atoms with Gasteiger partial charge in [-0.15, -0.1) is 0 Å². The van der Waals surface area contributed by atoms with Crippen molar-refractivity contribution in [3.8, 4) is 0 Å². The van der Waals surface area contributed by atoms with E-state index in [1.807, 2.05) is 0 Å². The highest BCUT2D eigenvalue weighted by molar-refractivity contribution is 5.83. The zero-order chi connectivity index (χ0) is 14.0. The number of amides is 1. The molecule has 3 N–H and O–H groups in total. The molecule has 0 saturated carbocycles. The number of hydrogen-bond acceptors (Lipinski definition) is 5. The fourth-order valence-corrected chi connectivity index (χ4v) is 3.10. The molecule has 2 fully saturated rings. The largest absolute Gasteiger partial charge is 0.468 e. The fourth-order valence-electron chi connectivity index (χ4n) is 3.10. The summed E-state index contributed by atoms with van der Waals surface area (Å²) in [6.07, 6.45) is 3.10. The van der Waals surface area contributed by atoms with E-state index in [4.69, 9.17) is 5.73 Å². The summed E-state index contributed by atoms with van der Waals surface area (Å²) < 4.78 is 4.61. The molecule has 0 aromatic carbocycles. The molecule has 108 valence electrons. The SMILES string of the molecule is COC(=O)C(N)CC1CC2(CCN(C)CC2)NC1=O. The molecule has 2 unspecified atom stereocenters. The van der Waals surface area contributed by atoms with Gasteiger partial charge in [0.25, 0.3) is 0 Å². The zero-order valence-electron chi connectivity index (χ0n) is 11.6. The average Bonchev–Trinajstić information content (AvgIpc) is 2.69. The number of esters is 1. The molecule has 2 rings (SSSR count). The van der Waals surface area contributed by atoms with Crippen LogP contribution in [0, 0.1) is 5.92 Å². The fraction of sp³-hybridized carbons (Fsp3) is 0.846. The van der Waals surface area contributed by atoms with Gasteiger partial charge in [-0.3, -0.25) is 9.59 Å². The van der Waals surface area contributed by atoms with E-state index in [2.05, 4.69) is 22.0 Å². The van der Waals surface area contributed by atoms with Gasteiger partial charge in [0.05, 0.1) is 7.11 Å². The van der Waals surface area contributed by atoms with Crippen LogP contribution in [0.25, 0.3) is 0 Å². The summed E-state index contributed by atoms with van der Waals surface area (Å²) in [4.78, 5) is 25.6. The van der Waals surface area contributed by atoms with Gasteiger partial charge in [-0.05, 0) is 32.7 Å². The Morgan fingerprint density at radius 1 is 1.58 bits per heavy atom. The maximum absolute atomic E-state index is 12.0. The van der Waals surface area contributed by atoms with Crippen LogP contribution < -0.4 is 11.1 Å². The van der Waals surface area contributed by atoms with Crippen molar-refractivity contribution in [1.29, 1.82) is 0 Å². The Hall–Kier alpha value is -1.14. The third-order valence-corrected chi connectivity index (χ3v) is 4.38. The molecule has 6 heteroatoms. The van der Waals surface area contributed by atoms with Crippen molar-refractivity contribution in [2.75, 3.05) is 27.2 Å². The van der Waals surface area contributed by atoms with Gasteiger partial charge in [0.2, 0.25) is 5.91 Å². The summed E-state index contributed by atoms with van der Waals surface area (Å²) in [6.45, 7) is 1.99. The molecule has 0 bridgehead atoms. The zero-order valence-corrected chi connectivity index (χ0v) is 11.6. The summed E-state index contributed by atoms with van der Waals surface area (Å²) in [7, 11) is 3.41. The third-order valence-electron chi connectivity index (χ3n) is 4.38. The summed E-state index contributed by atoms with van der Waals surface area (Å²) in [5.41, 5.74) is 5.67. The van der Waals surface area contributed by atoms with Crippen molar-refractivity contribution < 1.29 is 14.3 Å². The first-order chi connectivity index (χ1) is 8.96. The number of carbonyl (C=O) groups excluding carboxylic acids is 2.